The lowest BCUT2D eigenvalue weighted by Gasteiger charge is -2.30. The molecule has 6 amide bonds. The summed E-state index contributed by atoms with van der Waals surface area (Å²) in [6, 6.07) is 14.1. The highest BCUT2D eigenvalue weighted by molar-refractivity contribution is 6.02. The number of rotatable bonds is 10. The van der Waals surface area contributed by atoms with Crippen molar-refractivity contribution in [2.24, 2.45) is 5.73 Å². The van der Waals surface area contributed by atoms with Crippen molar-refractivity contribution in [3.8, 4) is 0 Å². The van der Waals surface area contributed by atoms with Gasteiger partial charge in [0.15, 0.2) is 12.2 Å². The van der Waals surface area contributed by atoms with Gasteiger partial charge in [0.05, 0.1) is 0 Å². The van der Waals surface area contributed by atoms with Crippen LogP contribution in [0.5, 0.6) is 0 Å². The Balaban J connectivity index is 1.49. The summed E-state index contributed by atoms with van der Waals surface area (Å²) in [6.45, 7) is 2.63. The maximum absolute atomic E-state index is 12.9. The lowest BCUT2D eigenvalue weighted by molar-refractivity contribution is -0.156. The van der Waals surface area contributed by atoms with Crippen LogP contribution in [-0.2, 0) is 46.6 Å². The molecule has 14 heteroatoms. The molecule has 1 saturated heterocycles. The molecular formula is C27H31N5O9. The van der Waals surface area contributed by atoms with Gasteiger partial charge in [0.1, 0.15) is 25.3 Å². The summed E-state index contributed by atoms with van der Waals surface area (Å²) < 4.78 is 15.3. The molecule has 2 aromatic carbocycles. The second-order valence-corrected chi connectivity index (χ2v) is 9.08. The summed E-state index contributed by atoms with van der Waals surface area (Å²) in [5.41, 5.74) is 6.80. The summed E-state index contributed by atoms with van der Waals surface area (Å²) in [7, 11) is 1.08. The second kappa shape index (κ2) is 13.9. The van der Waals surface area contributed by atoms with Crippen LogP contribution in [0.3, 0.4) is 0 Å². The van der Waals surface area contributed by atoms with Crippen LogP contribution in [-0.4, -0.2) is 77.2 Å². The number of benzene rings is 2. The lowest BCUT2D eigenvalue weighted by Crippen LogP contribution is -2.59. The van der Waals surface area contributed by atoms with Crippen LogP contribution in [0.4, 0.5) is 9.59 Å². The highest BCUT2D eigenvalue weighted by Gasteiger charge is 2.55. The van der Waals surface area contributed by atoms with Crippen LogP contribution in [0.2, 0.25) is 0 Å². The lowest BCUT2D eigenvalue weighted by atomic mass is 10.2. The number of nitrogens with zero attached hydrogens (tertiary/aromatic N) is 2. The Hall–Kier alpha value is -4.98. The predicted octanol–water partition coefficient (Wildman–Crippen LogP) is 0.598. The highest BCUT2D eigenvalue weighted by Crippen LogP contribution is 2.26. The van der Waals surface area contributed by atoms with E-state index in [9.17, 15) is 28.8 Å². The number of urea groups is 1. The number of primary amides is 1. The van der Waals surface area contributed by atoms with E-state index >= 15 is 0 Å². The molecule has 0 saturated carbocycles. The average molecular weight is 570 g/mol. The topological polar surface area (TPSA) is 190 Å². The van der Waals surface area contributed by atoms with Gasteiger partial charge in [-0.3, -0.25) is 14.4 Å². The number of epoxide rings is 1. The first kappa shape index (κ1) is 30.6. The van der Waals surface area contributed by atoms with Gasteiger partial charge in [-0.25, -0.2) is 19.4 Å². The summed E-state index contributed by atoms with van der Waals surface area (Å²) in [5.74, 6) is -3.52. The molecule has 2 aromatic rings. The molecule has 0 aliphatic carbocycles. The number of nitrogens with two attached hydrogens (primary N) is 1. The number of esters is 1. The monoisotopic (exact) mass is 569 g/mol. The third-order valence-corrected chi connectivity index (χ3v) is 5.90. The SMILES string of the molecule is C[C@H](NC(=O)OCc1ccccc1)C(=O)N[C@@H](C)C(=O)N(C)N(C(N)=O)C(=O)[C@H]1O[C@@H]1C(=O)OCc1ccccc1. The van der Waals surface area contributed by atoms with Crippen molar-refractivity contribution in [3.05, 3.63) is 71.8 Å². The fourth-order valence-corrected chi connectivity index (χ4v) is 3.60. The molecule has 0 aromatic heterocycles. The van der Waals surface area contributed by atoms with E-state index in [0.29, 0.717) is 10.0 Å². The Bertz CT molecular complexity index is 1270. The van der Waals surface area contributed by atoms with E-state index in [2.05, 4.69) is 10.6 Å². The van der Waals surface area contributed by atoms with Crippen molar-refractivity contribution in [2.75, 3.05) is 7.05 Å². The average Bonchev–Trinajstić information content (AvgIpc) is 3.76. The summed E-state index contributed by atoms with van der Waals surface area (Å²) in [6.07, 6.45) is -3.52. The number of ether oxygens (including phenoxy) is 3. The van der Waals surface area contributed by atoms with E-state index in [1.54, 1.807) is 54.6 Å². The summed E-state index contributed by atoms with van der Waals surface area (Å²) in [5, 5.41) is 5.64. The molecule has 1 heterocycles. The van der Waals surface area contributed by atoms with E-state index in [0.717, 1.165) is 18.2 Å². The van der Waals surface area contributed by atoms with Crippen molar-refractivity contribution >= 4 is 35.8 Å². The van der Waals surface area contributed by atoms with Gasteiger partial charge in [-0.1, -0.05) is 60.7 Å². The summed E-state index contributed by atoms with van der Waals surface area (Å²) in [4.78, 5) is 74.7. The molecule has 0 spiro atoms. The molecule has 4 N–H and O–H groups in total. The van der Waals surface area contributed by atoms with Crippen molar-refractivity contribution < 1.29 is 43.0 Å². The third kappa shape index (κ3) is 8.50. The number of amides is 6. The number of carbonyl (C=O) groups excluding carboxylic acids is 6. The van der Waals surface area contributed by atoms with E-state index in [-0.39, 0.29) is 13.2 Å². The van der Waals surface area contributed by atoms with Gasteiger partial charge in [0, 0.05) is 7.05 Å². The predicted molar refractivity (Wildman–Crippen MR) is 141 cm³/mol. The first-order valence-electron chi connectivity index (χ1n) is 12.5. The molecule has 1 fully saturated rings. The zero-order valence-corrected chi connectivity index (χ0v) is 22.6. The summed E-state index contributed by atoms with van der Waals surface area (Å²) >= 11 is 0. The molecule has 218 valence electrons. The number of hydrogen-bond acceptors (Lipinski definition) is 9. The van der Waals surface area contributed by atoms with Crippen LogP contribution >= 0.6 is 0 Å². The van der Waals surface area contributed by atoms with Gasteiger partial charge >= 0.3 is 18.1 Å². The minimum Gasteiger partial charge on any atom is -0.459 e. The number of nitrogens with one attached hydrogen (secondary N) is 2. The largest absolute Gasteiger partial charge is 0.459 e. The van der Waals surface area contributed by atoms with Gasteiger partial charge in [0.2, 0.25) is 5.91 Å². The highest BCUT2D eigenvalue weighted by atomic mass is 16.6. The van der Waals surface area contributed by atoms with E-state index in [1.807, 2.05) is 6.07 Å². The molecule has 4 atom stereocenters. The number of likely N-dealkylation sites (N-methyl/N-ethyl adjacent to an activating group) is 1. The van der Waals surface area contributed by atoms with Crippen LogP contribution in [0.15, 0.2) is 60.7 Å². The first-order valence-corrected chi connectivity index (χ1v) is 12.5. The zero-order chi connectivity index (χ0) is 30.1. The third-order valence-electron chi connectivity index (χ3n) is 5.90. The van der Waals surface area contributed by atoms with Crippen molar-refractivity contribution in [1.29, 1.82) is 0 Å². The molecule has 0 unspecified atom stereocenters. The Labute approximate surface area is 235 Å². The molecule has 0 bridgehead atoms. The molecule has 41 heavy (non-hydrogen) atoms. The molecule has 14 nitrogen and oxygen atoms in total. The smallest absolute Gasteiger partial charge is 0.408 e. The van der Waals surface area contributed by atoms with Gasteiger partial charge in [-0.05, 0) is 25.0 Å². The number of hydrogen-bond donors (Lipinski definition) is 3. The van der Waals surface area contributed by atoms with E-state index < -0.39 is 60.1 Å². The normalized spacial score (nSPS) is 16.8. The van der Waals surface area contributed by atoms with Gasteiger partial charge in [0.25, 0.3) is 11.8 Å². The van der Waals surface area contributed by atoms with Crippen LogP contribution < -0.4 is 16.4 Å². The Morgan fingerprint density at radius 3 is 1.90 bits per heavy atom. The van der Waals surface area contributed by atoms with Gasteiger partial charge < -0.3 is 30.6 Å². The first-order chi connectivity index (χ1) is 19.5. The maximum Gasteiger partial charge on any atom is 0.408 e. The van der Waals surface area contributed by atoms with Gasteiger partial charge in [-0.2, -0.15) is 5.01 Å². The maximum atomic E-state index is 12.9. The standard InChI is InChI=1S/C27H31N5O9/c1-16(30-27(38)40-15-19-12-8-5-9-13-19)22(33)29-17(2)23(34)31(3)32(26(28)37)24(35)20-21(41-20)25(36)39-14-18-10-6-4-7-11-18/h4-13,16-17,20-21H,14-15H2,1-3H3,(H2,28,37)(H,29,33)(H,30,38)/t16-,17-,20-,21-/m0/s1. The fraction of sp³-hybridized carbons (Fsp3) is 0.333. The Morgan fingerprint density at radius 1 is 0.829 bits per heavy atom. The molecule has 3 rings (SSSR count). The molecule has 0 radical (unpaired) electrons. The van der Waals surface area contributed by atoms with E-state index in [4.69, 9.17) is 19.9 Å². The Kier molecular flexibility index (Phi) is 10.4. The number of alkyl carbamates (subject to hydrolysis) is 1. The van der Waals surface area contributed by atoms with Crippen molar-refractivity contribution in [3.63, 3.8) is 0 Å². The molecular weight excluding hydrogens is 538 g/mol. The van der Waals surface area contributed by atoms with Crippen LogP contribution in [0, 0.1) is 0 Å². The van der Waals surface area contributed by atoms with Crippen molar-refractivity contribution in [2.45, 2.75) is 51.4 Å². The van der Waals surface area contributed by atoms with Crippen LogP contribution in [0.25, 0.3) is 0 Å². The fourth-order valence-electron chi connectivity index (χ4n) is 3.60. The second-order valence-electron chi connectivity index (χ2n) is 9.08. The zero-order valence-electron chi connectivity index (χ0n) is 22.6. The Morgan fingerprint density at radius 2 is 1.37 bits per heavy atom. The number of hydrazine groups is 1. The number of imide groups is 1. The van der Waals surface area contributed by atoms with Crippen LogP contribution in [0.1, 0.15) is 25.0 Å². The molecule has 1 aliphatic heterocycles. The van der Waals surface area contributed by atoms with Crippen molar-refractivity contribution in [1.82, 2.24) is 20.7 Å². The minimum atomic E-state index is -1.39. The minimum absolute atomic E-state index is 0.00596. The van der Waals surface area contributed by atoms with Gasteiger partial charge in [-0.15, -0.1) is 0 Å². The van der Waals surface area contributed by atoms with E-state index in [1.165, 1.54) is 13.8 Å². The quantitative estimate of drug-likeness (QED) is 0.209. The number of carbonyl (C=O) groups is 6. The molecule has 1 aliphatic rings.